The normalized spacial score (nSPS) is 13.8. The highest BCUT2D eigenvalue weighted by atomic mass is 19.1. The molecule has 0 aliphatic carbocycles. The summed E-state index contributed by atoms with van der Waals surface area (Å²) >= 11 is 0. The van der Waals surface area contributed by atoms with Gasteiger partial charge in [-0.2, -0.15) is 0 Å². The van der Waals surface area contributed by atoms with E-state index < -0.39 is 25.5 Å². The van der Waals surface area contributed by atoms with Gasteiger partial charge in [-0.25, -0.2) is 9.18 Å². The van der Waals surface area contributed by atoms with Crippen LogP contribution in [0.5, 0.6) is 5.75 Å². The number of benzene rings is 1. The molecule has 1 heterocycles. The lowest BCUT2D eigenvalue weighted by Gasteiger charge is -2.06. The fourth-order valence-electron chi connectivity index (χ4n) is 1.49. The predicted octanol–water partition coefficient (Wildman–Crippen LogP) is -0.493. The molecule has 0 unspecified atom stereocenters. The van der Waals surface area contributed by atoms with E-state index >= 15 is 0 Å². The summed E-state index contributed by atoms with van der Waals surface area (Å²) in [4.78, 5) is 10.3. The lowest BCUT2D eigenvalue weighted by Crippen LogP contribution is -2.28. The average molecular weight is 226 g/mol. The molecule has 1 aliphatic rings. The van der Waals surface area contributed by atoms with Gasteiger partial charge in [0.1, 0.15) is 11.6 Å². The van der Waals surface area contributed by atoms with Gasteiger partial charge in [0.2, 0.25) is 0 Å². The molecule has 0 fully saturated rings. The van der Waals surface area contributed by atoms with Gasteiger partial charge in [0.15, 0.2) is 6.61 Å². The first-order chi connectivity index (χ1) is 7.58. The predicted molar refractivity (Wildman–Crippen MR) is 51.9 cm³/mol. The number of hydrogen-bond donors (Lipinski definition) is 2. The molecule has 1 aromatic rings. The quantitative estimate of drug-likeness (QED) is 0.680. The van der Waals surface area contributed by atoms with Gasteiger partial charge in [0.05, 0.1) is 6.61 Å². The number of fused-ring (bicyclic) bond motifs is 1. The Morgan fingerprint density at radius 1 is 1.62 bits per heavy atom. The van der Waals surface area contributed by atoms with Crippen LogP contribution in [0.25, 0.3) is 0 Å². The molecular weight excluding hydrogens is 218 g/mol. The Morgan fingerprint density at radius 2 is 2.38 bits per heavy atom. The molecule has 1 aromatic carbocycles. The number of halogens is 1. The number of carboxylic acids is 1. The van der Waals surface area contributed by atoms with Gasteiger partial charge in [-0.1, -0.05) is 0 Å². The lowest BCUT2D eigenvalue weighted by molar-refractivity contribution is -0.139. The van der Waals surface area contributed by atoms with Crippen molar-refractivity contribution in [3.63, 3.8) is 0 Å². The van der Waals surface area contributed by atoms with E-state index in [2.05, 4.69) is 0 Å². The minimum absolute atomic E-state index is 0.00153. The molecule has 0 aromatic heterocycles. The van der Waals surface area contributed by atoms with Crippen LogP contribution in [0.4, 0.5) is 4.39 Å². The van der Waals surface area contributed by atoms with Crippen molar-refractivity contribution in [1.29, 1.82) is 0 Å². The van der Waals surface area contributed by atoms with Crippen LogP contribution >= 0.6 is 0 Å². The van der Waals surface area contributed by atoms with Crippen molar-refractivity contribution in [2.75, 3.05) is 6.61 Å². The second-order valence-electron chi connectivity index (χ2n) is 3.32. The van der Waals surface area contributed by atoms with E-state index in [4.69, 9.17) is 14.5 Å². The zero-order chi connectivity index (χ0) is 11.7. The van der Waals surface area contributed by atoms with Gasteiger partial charge in [-0.05, 0) is 11.5 Å². The number of carbonyl (C=O) groups is 1. The molecule has 1 aliphatic heterocycles. The molecule has 2 N–H and O–H groups in total. The SMILES string of the molecule is O=C(O)COc1cc(F)c2c(c1)B(O)OC2. The number of ether oxygens (including phenoxy) is 1. The number of carboxylic acid groups (broad SMARTS) is 1. The molecule has 0 bridgehead atoms. The van der Waals surface area contributed by atoms with E-state index in [0.717, 1.165) is 6.07 Å². The Balaban J connectivity index is 2.25. The van der Waals surface area contributed by atoms with Gasteiger partial charge < -0.3 is 19.5 Å². The van der Waals surface area contributed by atoms with Crippen molar-refractivity contribution in [2.45, 2.75) is 6.61 Å². The standard InChI is InChI=1S/C9H8BFO5/c11-8-2-5(15-4-9(12)13)1-7-6(8)3-16-10(7)14/h1-2,14H,3-4H2,(H,12,13). The van der Waals surface area contributed by atoms with Crippen molar-refractivity contribution < 1.29 is 28.7 Å². The first kappa shape index (κ1) is 10.9. The first-order valence-electron chi connectivity index (χ1n) is 4.54. The number of aliphatic carboxylic acids is 1. The molecule has 0 saturated heterocycles. The van der Waals surface area contributed by atoms with E-state index in [1.54, 1.807) is 0 Å². The summed E-state index contributed by atoms with van der Waals surface area (Å²) in [7, 11) is -1.18. The van der Waals surface area contributed by atoms with Crippen LogP contribution in [0, 0.1) is 5.82 Å². The Bertz CT molecular complexity index is 436. The van der Waals surface area contributed by atoms with E-state index in [0.29, 0.717) is 0 Å². The van der Waals surface area contributed by atoms with Crippen molar-refractivity contribution in [3.8, 4) is 5.75 Å². The highest BCUT2D eigenvalue weighted by Crippen LogP contribution is 2.20. The van der Waals surface area contributed by atoms with Crippen molar-refractivity contribution in [1.82, 2.24) is 0 Å². The van der Waals surface area contributed by atoms with Crippen LogP contribution in [-0.2, 0) is 16.1 Å². The van der Waals surface area contributed by atoms with Gasteiger partial charge in [-0.15, -0.1) is 0 Å². The molecule has 5 nitrogen and oxygen atoms in total. The second kappa shape index (κ2) is 4.11. The van der Waals surface area contributed by atoms with E-state index in [-0.39, 0.29) is 23.4 Å². The summed E-state index contributed by atoms with van der Waals surface area (Å²) in [5.41, 5.74) is 0.551. The highest BCUT2D eigenvalue weighted by Gasteiger charge is 2.30. The Morgan fingerprint density at radius 3 is 3.06 bits per heavy atom. The third-order valence-electron chi connectivity index (χ3n) is 2.22. The molecule has 0 spiro atoms. The third kappa shape index (κ3) is 2.00. The molecule has 7 heteroatoms. The monoisotopic (exact) mass is 226 g/mol. The number of hydrogen-bond acceptors (Lipinski definition) is 4. The minimum Gasteiger partial charge on any atom is -0.482 e. The minimum atomic E-state index is -1.18. The van der Waals surface area contributed by atoms with Crippen LogP contribution in [0.15, 0.2) is 12.1 Å². The molecule has 16 heavy (non-hydrogen) atoms. The third-order valence-corrected chi connectivity index (χ3v) is 2.22. The summed E-state index contributed by atoms with van der Waals surface area (Å²) in [6, 6.07) is 2.45. The van der Waals surface area contributed by atoms with Gasteiger partial charge in [0, 0.05) is 11.6 Å². The molecule has 2 rings (SSSR count). The van der Waals surface area contributed by atoms with Gasteiger partial charge in [0.25, 0.3) is 0 Å². The fourth-order valence-corrected chi connectivity index (χ4v) is 1.49. The second-order valence-corrected chi connectivity index (χ2v) is 3.32. The smallest absolute Gasteiger partial charge is 0.482 e. The van der Waals surface area contributed by atoms with E-state index in [9.17, 15) is 14.2 Å². The summed E-state index contributed by atoms with van der Waals surface area (Å²) in [5, 5.41) is 17.7. The average Bonchev–Trinajstić information content (AvgIpc) is 2.58. The van der Waals surface area contributed by atoms with Crippen LogP contribution in [0.2, 0.25) is 0 Å². The lowest BCUT2D eigenvalue weighted by atomic mass is 9.79. The fraction of sp³-hybridized carbons (Fsp3) is 0.222. The van der Waals surface area contributed by atoms with Gasteiger partial charge >= 0.3 is 13.1 Å². The summed E-state index contributed by atoms with van der Waals surface area (Å²) in [6.07, 6.45) is 0. The maximum Gasteiger partial charge on any atom is 0.492 e. The topological polar surface area (TPSA) is 76.0 Å². The zero-order valence-electron chi connectivity index (χ0n) is 8.14. The number of rotatable bonds is 3. The largest absolute Gasteiger partial charge is 0.492 e. The molecule has 0 amide bonds. The maximum atomic E-state index is 13.4. The van der Waals surface area contributed by atoms with Crippen LogP contribution < -0.4 is 10.2 Å². The van der Waals surface area contributed by atoms with Crippen LogP contribution in [0.3, 0.4) is 0 Å². The summed E-state index contributed by atoms with van der Waals surface area (Å²) in [6.45, 7) is -0.559. The van der Waals surface area contributed by atoms with Crippen LogP contribution in [0.1, 0.15) is 5.56 Å². The van der Waals surface area contributed by atoms with Gasteiger partial charge in [-0.3, -0.25) is 0 Å². The van der Waals surface area contributed by atoms with E-state index in [1.807, 2.05) is 0 Å². The molecule has 84 valence electrons. The zero-order valence-corrected chi connectivity index (χ0v) is 8.14. The van der Waals surface area contributed by atoms with Crippen molar-refractivity contribution in [2.24, 2.45) is 0 Å². The van der Waals surface area contributed by atoms with Crippen molar-refractivity contribution >= 4 is 18.6 Å². The molecule has 0 radical (unpaired) electrons. The Kier molecular flexibility index (Phi) is 2.80. The molecule has 0 saturated carbocycles. The maximum absolute atomic E-state index is 13.4. The van der Waals surface area contributed by atoms with Crippen molar-refractivity contribution in [3.05, 3.63) is 23.5 Å². The molecule has 0 atom stereocenters. The first-order valence-corrected chi connectivity index (χ1v) is 4.54. The summed E-state index contributed by atoms with van der Waals surface area (Å²) < 4.78 is 23.1. The summed E-state index contributed by atoms with van der Waals surface area (Å²) in [5.74, 6) is -1.67. The van der Waals surface area contributed by atoms with Crippen LogP contribution in [-0.4, -0.2) is 29.8 Å². The Labute approximate surface area is 90.6 Å². The van der Waals surface area contributed by atoms with E-state index in [1.165, 1.54) is 6.07 Å². The highest BCUT2D eigenvalue weighted by molar-refractivity contribution is 6.61. The molecular formula is C9H8BFO5. The Hall–Kier alpha value is -1.60.